The fourth-order valence-corrected chi connectivity index (χ4v) is 1.32. The molecule has 0 fully saturated rings. The van der Waals surface area contributed by atoms with E-state index in [1.165, 1.54) is 25.7 Å². The summed E-state index contributed by atoms with van der Waals surface area (Å²) < 4.78 is 5.21. The lowest BCUT2D eigenvalue weighted by atomic mass is 10.1. The van der Waals surface area contributed by atoms with Crippen LogP contribution in [0.3, 0.4) is 0 Å². The maximum Gasteiger partial charge on any atom is 0.0593 e. The monoisotopic (exact) mass is 174 g/mol. The molecule has 2 nitrogen and oxygen atoms in total. The van der Waals surface area contributed by atoms with E-state index in [-0.39, 0.29) is 12.7 Å². The molecular formula is C10H22O2. The van der Waals surface area contributed by atoms with Gasteiger partial charge in [-0.25, -0.2) is 0 Å². The van der Waals surface area contributed by atoms with Gasteiger partial charge in [0, 0.05) is 13.7 Å². The molecule has 0 heterocycles. The SMILES string of the molecule is CCCCCCC(CCO)OC. The number of ether oxygens (including phenoxy) is 1. The largest absolute Gasteiger partial charge is 0.396 e. The Labute approximate surface area is 75.9 Å². The fourth-order valence-electron chi connectivity index (χ4n) is 1.32. The first kappa shape index (κ1) is 11.9. The molecule has 1 unspecified atom stereocenters. The number of aliphatic hydroxyl groups is 1. The molecule has 0 aliphatic carbocycles. The van der Waals surface area contributed by atoms with E-state index in [1.807, 2.05) is 0 Å². The normalized spacial score (nSPS) is 13.2. The molecule has 0 aliphatic rings. The van der Waals surface area contributed by atoms with Gasteiger partial charge in [0.1, 0.15) is 0 Å². The summed E-state index contributed by atoms with van der Waals surface area (Å²) in [6, 6.07) is 0. The molecule has 12 heavy (non-hydrogen) atoms. The minimum atomic E-state index is 0.242. The van der Waals surface area contributed by atoms with Gasteiger partial charge in [0.2, 0.25) is 0 Å². The van der Waals surface area contributed by atoms with Crippen molar-refractivity contribution in [3.05, 3.63) is 0 Å². The Bertz CT molecular complexity index is 83.9. The summed E-state index contributed by atoms with van der Waals surface area (Å²) >= 11 is 0. The van der Waals surface area contributed by atoms with E-state index in [9.17, 15) is 0 Å². The van der Waals surface area contributed by atoms with Crippen molar-refractivity contribution < 1.29 is 9.84 Å². The third kappa shape index (κ3) is 6.62. The molecule has 0 spiro atoms. The maximum absolute atomic E-state index is 8.69. The predicted molar refractivity (Wildman–Crippen MR) is 51.3 cm³/mol. The van der Waals surface area contributed by atoms with Crippen LogP contribution in [0.15, 0.2) is 0 Å². The number of rotatable bonds is 8. The predicted octanol–water partition coefficient (Wildman–Crippen LogP) is 2.35. The molecule has 2 heteroatoms. The van der Waals surface area contributed by atoms with Gasteiger partial charge in [-0.3, -0.25) is 0 Å². The van der Waals surface area contributed by atoms with Gasteiger partial charge in [-0.2, -0.15) is 0 Å². The second-order valence-electron chi connectivity index (χ2n) is 3.22. The summed E-state index contributed by atoms with van der Waals surface area (Å²) in [6.45, 7) is 2.45. The first-order valence-corrected chi connectivity index (χ1v) is 4.98. The number of hydrogen-bond donors (Lipinski definition) is 1. The van der Waals surface area contributed by atoms with Crippen molar-refractivity contribution in [2.45, 2.75) is 51.6 Å². The maximum atomic E-state index is 8.69. The highest BCUT2D eigenvalue weighted by atomic mass is 16.5. The third-order valence-corrected chi connectivity index (χ3v) is 2.16. The van der Waals surface area contributed by atoms with E-state index in [0.717, 1.165) is 12.8 Å². The van der Waals surface area contributed by atoms with E-state index in [2.05, 4.69) is 6.92 Å². The molecule has 0 radical (unpaired) electrons. The van der Waals surface area contributed by atoms with Crippen LogP contribution in [0, 0.1) is 0 Å². The highest BCUT2D eigenvalue weighted by Crippen LogP contribution is 2.09. The summed E-state index contributed by atoms with van der Waals surface area (Å²) in [7, 11) is 1.72. The molecule has 0 rings (SSSR count). The van der Waals surface area contributed by atoms with E-state index < -0.39 is 0 Å². The molecule has 0 saturated heterocycles. The molecule has 1 N–H and O–H groups in total. The van der Waals surface area contributed by atoms with E-state index in [0.29, 0.717) is 0 Å². The molecule has 0 amide bonds. The highest BCUT2D eigenvalue weighted by molar-refractivity contribution is 4.56. The zero-order valence-corrected chi connectivity index (χ0v) is 8.38. The number of aliphatic hydroxyl groups excluding tert-OH is 1. The summed E-state index contributed by atoms with van der Waals surface area (Å²) in [6.07, 6.45) is 7.26. The van der Waals surface area contributed by atoms with Crippen LogP contribution < -0.4 is 0 Å². The lowest BCUT2D eigenvalue weighted by Crippen LogP contribution is -2.12. The first-order chi connectivity index (χ1) is 5.85. The van der Waals surface area contributed by atoms with Crippen LogP contribution in [0.4, 0.5) is 0 Å². The fraction of sp³-hybridized carbons (Fsp3) is 1.00. The standard InChI is InChI=1S/C10H22O2/c1-3-4-5-6-7-10(12-2)8-9-11/h10-11H,3-9H2,1-2H3. The van der Waals surface area contributed by atoms with E-state index in [4.69, 9.17) is 9.84 Å². The van der Waals surface area contributed by atoms with Gasteiger partial charge in [0.15, 0.2) is 0 Å². The Morgan fingerprint density at radius 2 is 1.92 bits per heavy atom. The first-order valence-electron chi connectivity index (χ1n) is 4.98. The molecule has 0 bridgehead atoms. The van der Waals surface area contributed by atoms with Gasteiger partial charge in [-0.05, 0) is 12.8 Å². The Hall–Kier alpha value is -0.0800. The Morgan fingerprint density at radius 1 is 1.17 bits per heavy atom. The Morgan fingerprint density at radius 3 is 2.42 bits per heavy atom. The third-order valence-electron chi connectivity index (χ3n) is 2.16. The topological polar surface area (TPSA) is 29.5 Å². The molecule has 0 aromatic carbocycles. The minimum absolute atomic E-state index is 0.242. The van der Waals surface area contributed by atoms with Gasteiger partial charge in [-0.15, -0.1) is 0 Å². The summed E-state index contributed by atoms with van der Waals surface area (Å²) in [5, 5.41) is 8.69. The quantitative estimate of drug-likeness (QED) is 0.572. The van der Waals surface area contributed by atoms with Crippen molar-refractivity contribution >= 4 is 0 Å². The van der Waals surface area contributed by atoms with Gasteiger partial charge in [0.25, 0.3) is 0 Å². The molecular weight excluding hydrogens is 152 g/mol. The zero-order chi connectivity index (χ0) is 9.23. The van der Waals surface area contributed by atoms with Gasteiger partial charge in [0.05, 0.1) is 6.10 Å². The lowest BCUT2D eigenvalue weighted by molar-refractivity contribution is 0.0691. The van der Waals surface area contributed by atoms with Crippen molar-refractivity contribution in [2.75, 3.05) is 13.7 Å². The van der Waals surface area contributed by atoms with Gasteiger partial charge >= 0.3 is 0 Å². The second kappa shape index (κ2) is 9.01. The molecule has 0 saturated carbocycles. The van der Waals surface area contributed by atoms with E-state index in [1.54, 1.807) is 7.11 Å². The van der Waals surface area contributed by atoms with Crippen LogP contribution in [0.2, 0.25) is 0 Å². The summed E-state index contributed by atoms with van der Waals surface area (Å²) in [4.78, 5) is 0. The molecule has 0 aromatic heterocycles. The van der Waals surface area contributed by atoms with Crippen molar-refractivity contribution in [1.82, 2.24) is 0 Å². The van der Waals surface area contributed by atoms with Crippen LogP contribution in [0.1, 0.15) is 45.4 Å². The number of hydrogen-bond acceptors (Lipinski definition) is 2. The van der Waals surface area contributed by atoms with Crippen LogP contribution in [-0.4, -0.2) is 24.9 Å². The molecule has 1 atom stereocenters. The zero-order valence-electron chi connectivity index (χ0n) is 8.38. The van der Waals surface area contributed by atoms with Gasteiger partial charge < -0.3 is 9.84 Å². The van der Waals surface area contributed by atoms with Crippen molar-refractivity contribution in [1.29, 1.82) is 0 Å². The number of unbranched alkanes of at least 4 members (excludes halogenated alkanes) is 3. The van der Waals surface area contributed by atoms with Crippen LogP contribution >= 0.6 is 0 Å². The lowest BCUT2D eigenvalue weighted by Gasteiger charge is -2.12. The van der Waals surface area contributed by atoms with Crippen LogP contribution in [0.25, 0.3) is 0 Å². The number of methoxy groups -OCH3 is 1. The molecule has 0 aliphatic heterocycles. The van der Waals surface area contributed by atoms with E-state index >= 15 is 0 Å². The van der Waals surface area contributed by atoms with Crippen molar-refractivity contribution in [3.63, 3.8) is 0 Å². The van der Waals surface area contributed by atoms with Crippen LogP contribution in [-0.2, 0) is 4.74 Å². The average molecular weight is 174 g/mol. The smallest absolute Gasteiger partial charge is 0.0593 e. The molecule has 74 valence electrons. The van der Waals surface area contributed by atoms with Crippen LogP contribution in [0.5, 0.6) is 0 Å². The van der Waals surface area contributed by atoms with Crippen molar-refractivity contribution in [2.24, 2.45) is 0 Å². The summed E-state index contributed by atoms with van der Waals surface area (Å²) in [5.41, 5.74) is 0. The minimum Gasteiger partial charge on any atom is -0.396 e. The average Bonchev–Trinajstić information content (AvgIpc) is 2.10. The second-order valence-corrected chi connectivity index (χ2v) is 3.22. The molecule has 0 aromatic rings. The highest BCUT2D eigenvalue weighted by Gasteiger charge is 2.04. The van der Waals surface area contributed by atoms with Crippen molar-refractivity contribution in [3.8, 4) is 0 Å². The Kier molecular flexibility index (Phi) is 8.95. The Balaban J connectivity index is 3.19. The van der Waals surface area contributed by atoms with Gasteiger partial charge in [-0.1, -0.05) is 32.6 Å². The summed E-state index contributed by atoms with van der Waals surface area (Å²) in [5.74, 6) is 0.